The predicted octanol–water partition coefficient (Wildman–Crippen LogP) is 1.33. The van der Waals surface area contributed by atoms with Crippen LogP contribution in [0.3, 0.4) is 0 Å². The average Bonchev–Trinajstić information content (AvgIpc) is 2.10. The van der Waals surface area contributed by atoms with Crippen molar-refractivity contribution in [2.75, 3.05) is 19.8 Å². The molecule has 0 atom stereocenters. The molecule has 0 fully saturated rings. The van der Waals surface area contributed by atoms with Crippen LogP contribution >= 0.6 is 11.6 Å². The van der Waals surface area contributed by atoms with E-state index in [1.54, 1.807) is 27.1 Å². The third-order valence-corrected chi connectivity index (χ3v) is 2.13. The van der Waals surface area contributed by atoms with Crippen molar-refractivity contribution in [3.8, 4) is 0 Å². The zero-order chi connectivity index (χ0) is 10.9. The number of anilines is 1. The second-order valence-electron chi connectivity index (χ2n) is 3.19. The van der Waals surface area contributed by atoms with Gasteiger partial charge >= 0.3 is 0 Å². The van der Waals surface area contributed by atoms with Crippen LogP contribution in [0.4, 0.5) is 5.82 Å². The fraction of sp³-hybridized carbons (Fsp3) is 0.333. The van der Waals surface area contributed by atoms with Gasteiger partial charge in [-0.25, -0.2) is 4.98 Å². The summed E-state index contributed by atoms with van der Waals surface area (Å²) in [6.45, 7) is 1.73. The molecule has 5 heteroatoms. The Balaban J connectivity index is 3.22. The number of carbonyl (C=O) groups is 1. The number of pyridine rings is 1. The number of hydrogen-bond acceptors (Lipinski definition) is 3. The standard InChI is InChI=1S/C9H12ClN3O/c1-5-6(9(14)13(2)3)4-7(10)8(11)12-5/h4H,1-3H3,(H2,11,12). The van der Waals surface area contributed by atoms with Gasteiger partial charge in [-0.3, -0.25) is 4.79 Å². The van der Waals surface area contributed by atoms with Gasteiger partial charge < -0.3 is 10.6 Å². The van der Waals surface area contributed by atoms with Crippen molar-refractivity contribution in [3.63, 3.8) is 0 Å². The zero-order valence-corrected chi connectivity index (χ0v) is 9.09. The summed E-state index contributed by atoms with van der Waals surface area (Å²) in [5.74, 6) is 0.122. The van der Waals surface area contributed by atoms with E-state index in [1.807, 2.05) is 0 Å². The lowest BCUT2D eigenvalue weighted by molar-refractivity contribution is 0.0826. The number of nitrogens with zero attached hydrogens (tertiary/aromatic N) is 2. The van der Waals surface area contributed by atoms with E-state index in [1.165, 1.54) is 4.90 Å². The Morgan fingerprint density at radius 3 is 2.64 bits per heavy atom. The number of aromatic nitrogens is 1. The molecule has 2 N–H and O–H groups in total. The minimum absolute atomic E-state index is 0.128. The minimum Gasteiger partial charge on any atom is -0.382 e. The highest BCUT2D eigenvalue weighted by Gasteiger charge is 2.14. The van der Waals surface area contributed by atoms with E-state index in [-0.39, 0.29) is 11.7 Å². The van der Waals surface area contributed by atoms with Gasteiger partial charge in [-0.1, -0.05) is 11.6 Å². The van der Waals surface area contributed by atoms with Crippen molar-refractivity contribution in [1.82, 2.24) is 9.88 Å². The number of nitrogen functional groups attached to an aromatic ring is 1. The van der Waals surface area contributed by atoms with Crippen LogP contribution in [0, 0.1) is 6.92 Å². The number of amides is 1. The summed E-state index contributed by atoms with van der Waals surface area (Å²) >= 11 is 5.78. The Morgan fingerprint density at radius 2 is 2.14 bits per heavy atom. The Hall–Kier alpha value is -1.29. The summed E-state index contributed by atoms with van der Waals surface area (Å²) in [6, 6.07) is 1.54. The Labute approximate surface area is 87.7 Å². The van der Waals surface area contributed by atoms with Gasteiger partial charge in [-0.05, 0) is 13.0 Å². The van der Waals surface area contributed by atoms with Crippen LogP contribution in [0.15, 0.2) is 6.07 Å². The molecular formula is C9H12ClN3O. The maximum absolute atomic E-state index is 11.6. The highest BCUT2D eigenvalue weighted by molar-refractivity contribution is 6.33. The van der Waals surface area contributed by atoms with Crippen molar-refractivity contribution < 1.29 is 4.79 Å². The van der Waals surface area contributed by atoms with Crippen LogP contribution in [0.5, 0.6) is 0 Å². The molecule has 4 nitrogen and oxygen atoms in total. The van der Waals surface area contributed by atoms with Crippen LogP contribution in [-0.4, -0.2) is 29.9 Å². The van der Waals surface area contributed by atoms with E-state index < -0.39 is 0 Å². The van der Waals surface area contributed by atoms with Crippen molar-refractivity contribution in [2.45, 2.75) is 6.92 Å². The summed E-state index contributed by atoms with van der Waals surface area (Å²) in [6.07, 6.45) is 0. The van der Waals surface area contributed by atoms with E-state index in [2.05, 4.69) is 4.98 Å². The molecule has 1 rings (SSSR count). The fourth-order valence-corrected chi connectivity index (χ4v) is 1.21. The third kappa shape index (κ3) is 1.96. The molecular weight excluding hydrogens is 202 g/mol. The first-order valence-corrected chi connectivity index (χ1v) is 4.45. The number of hydrogen-bond donors (Lipinski definition) is 1. The fourth-order valence-electron chi connectivity index (χ4n) is 1.06. The van der Waals surface area contributed by atoms with Crippen LogP contribution in [0.1, 0.15) is 16.1 Å². The number of aryl methyl sites for hydroxylation is 1. The largest absolute Gasteiger partial charge is 0.382 e. The Bertz CT molecular complexity index is 377. The van der Waals surface area contributed by atoms with E-state index in [0.717, 1.165) is 0 Å². The lowest BCUT2D eigenvalue weighted by Crippen LogP contribution is -2.23. The average molecular weight is 214 g/mol. The zero-order valence-electron chi connectivity index (χ0n) is 8.34. The van der Waals surface area contributed by atoms with Crippen LogP contribution in [0.25, 0.3) is 0 Å². The van der Waals surface area contributed by atoms with E-state index in [9.17, 15) is 4.79 Å². The summed E-state index contributed by atoms with van der Waals surface area (Å²) in [7, 11) is 3.35. The third-order valence-electron chi connectivity index (χ3n) is 1.83. The van der Waals surface area contributed by atoms with Crippen molar-refractivity contribution in [1.29, 1.82) is 0 Å². The second kappa shape index (κ2) is 3.84. The number of carbonyl (C=O) groups excluding carboxylic acids is 1. The maximum atomic E-state index is 11.6. The first-order valence-electron chi connectivity index (χ1n) is 4.07. The molecule has 0 aliphatic rings. The SMILES string of the molecule is Cc1nc(N)c(Cl)cc1C(=O)N(C)C. The number of halogens is 1. The molecule has 76 valence electrons. The summed E-state index contributed by atoms with van der Waals surface area (Å²) < 4.78 is 0. The van der Waals surface area contributed by atoms with E-state index in [0.29, 0.717) is 16.3 Å². The maximum Gasteiger partial charge on any atom is 0.255 e. The molecule has 0 aliphatic heterocycles. The molecule has 1 amide bonds. The highest BCUT2D eigenvalue weighted by atomic mass is 35.5. The lowest BCUT2D eigenvalue weighted by Gasteiger charge is -2.12. The second-order valence-corrected chi connectivity index (χ2v) is 3.60. The summed E-state index contributed by atoms with van der Waals surface area (Å²) in [5, 5.41) is 0.306. The molecule has 0 aromatic carbocycles. The van der Waals surface area contributed by atoms with Crippen LogP contribution < -0.4 is 5.73 Å². The Kier molecular flexibility index (Phi) is 2.96. The first-order chi connectivity index (χ1) is 6.43. The lowest BCUT2D eigenvalue weighted by atomic mass is 10.2. The molecule has 1 heterocycles. The molecule has 0 bridgehead atoms. The molecule has 0 saturated heterocycles. The van der Waals surface area contributed by atoms with Gasteiger partial charge in [0.05, 0.1) is 16.3 Å². The topological polar surface area (TPSA) is 59.2 Å². The molecule has 0 radical (unpaired) electrons. The summed E-state index contributed by atoms with van der Waals surface area (Å²) in [5.41, 5.74) is 6.57. The molecule has 1 aromatic rings. The predicted molar refractivity (Wildman–Crippen MR) is 56.4 cm³/mol. The summed E-state index contributed by atoms with van der Waals surface area (Å²) in [4.78, 5) is 17.1. The molecule has 0 aliphatic carbocycles. The van der Waals surface area contributed by atoms with Gasteiger partial charge in [0.15, 0.2) is 0 Å². The van der Waals surface area contributed by atoms with Gasteiger partial charge in [-0.2, -0.15) is 0 Å². The van der Waals surface area contributed by atoms with Gasteiger partial charge in [0.2, 0.25) is 0 Å². The number of nitrogens with two attached hydrogens (primary N) is 1. The monoisotopic (exact) mass is 213 g/mol. The van der Waals surface area contributed by atoms with E-state index >= 15 is 0 Å². The Morgan fingerprint density at radius 1 is 1.57 bits per heavy atom. The number of rotatable bonds is 1. The van der Waals surface area contributed by atoms with Crippen molar-refractivity contribution in [2.24, 2.45) is 0 Å². The first kappa shape index (κ1) is 10.8. The minimum atomic E-state index is -0.128. The smallest absolute Gasteiger partial charge is 0.255 e. The highest BCUT2D eigenvalue weighted by Crippen LogP contribution is 2.20. The molecule has 1 aromatic heterocycles. The van der Waals surface area contributed by atoms with Gasteiger partial charge in [0, 0.05) is 14.1 Å². The van der Waals surface area contributed by atoms with Gasteiger partial charge in [0.25, 0.3) is 5.91 Å². The van der Waals surface area contributed by atoms with Crippen molar-refractivity contribution >= 4 is 23.3 Å². The molecule has 0 saturated carbocycles. The molecule has 0 spiro atoms. The molecule has 14 heavy (non-hydrogen) atoms. The van der Waals surface area contributed by atoms with Crippen molar-refractivity contribution in [3.05, 3.63) is 22.3 Å². The quantitative estimate of drug-likeness (QED) is 0.766. The van der Waals surface area contributed by atoms with Crippen LogP contribution in [0.2, 0.25) is 5.02 Å². The van der Waals surface area contributed by atoms with Crippen LogP contribution in [-0.2, 0) is 0 Å². The van der Waals surface area contributed by atoms with E-state index in [4.69, 9.17) is 17.3 Å². The normalized spacial score (nSPS) is 10.0. The van der Waals surface area contributed by atoms with Gasteiger partial charge in [-0.15, -0.1) is 0 Å². The molecule has 0 unspecified atom stereocenters. The van der Waals surface area contributed by atoms with Gasteiger partial charge in [0.1, 0.15) is 5.82 Å².